The summed E-state index contributed by atoms with van der Waals surface area (Å²) in [6.45, 7) is 2.65. The second-order valence-electron chi connectivity index (χ2n) is 4.50. The number of hydrogen-bond donors (Lipinski definition) is 1. The molecule has 3 heteroatoms. The van der Waals surface area contributed by atoms with Gasteiger partial charge in [0.1, 0.15) is 5.76 Å². The van der Waals surface area contributed by atoms with Crippen molar-refractivity contribution < 1.29 is 14.3 Å². The summed E-state index contributed by atoms with van der Waals surface area (Å²) >= 11 is 0. The van der Waals surface area contributed by atoms with Gasteiger partial charge >= 0.3 is 0 Å². The first-order chi connectivity index (χ1) is 7.77. The SMILES string of the molecule is CCOC1(C(O)Cc2ccco2)CCCC1. The molecule has 16 heavy (non-hydrogen) atoms. The third-order valence-corrected chi connectivity index (χ3v) is 3.46. The van der Waals surface area contributed by atoms with Crippen LogP contribution < -0.4 is 0 Å². The number of ether oxygens (including phenoxy) is 1. The van der Waals surface area contributed by atoms with Crippen LogP contribution in [0.5, 0.6) is 0 Å². The molecule has 0 spiro atoms. The van der Waals surface area contributed by atoms with Gasteiger partial charge in [-0.3, -0.25) is 0 Å². The van der Waals surface area contributed by atoms with E-state index in [0.29, 0.717) is 13.0 Å². The van der Waals surface area contributed by atoms with E-state index in [4.69, 9.17) is 9.15 Å². The molecular formula is C13H20O3. The minimum Gasteiger partial charge on any atom is -0.469 e. The summed E-state index contributed by atoms with van der Waals surface area (Å²) in [6, 6.07) is 3.75. The zero-order valence-electron chi connectivity index (χ0n) is 9.82. The summed E-state index contributed by atoms with van der Waals surface area (Å²) in [5.41, 5.74) is -0.332. The first-order valence-corrected chi connectivity index (χ1v) is 6.11. The lowest BCUT2D eigenvalue weighted by Crippen LogP contribution is -2.43. The monoisotopic (exact) mass is 224 g/mol. The zero-order valence-corrected chi connectivity index (χ0v) is 9.82. The fourth-order valence-electron chi connectivity index (χ4n) is 2.64. The van der Waals surface area contributed by atoms with Gasteiger partial charge in [0, 0.05) is 13.0 Å². The maximum absolute atomic E-state index is 10.3. The van der Waals surface area contributed by atoms with Gasteiger partial charge < -0.3 is 14.3 Å². The Morgan fingerprint density at radius 1 is 1.50 bits per heavy atom. The van der Waals surface area contributed by atoms with Crippen LogP contribution in [0.1, 0.15) is 38.4 Å². The lowest BCUT2D eigenvalue weighted by Gasteiger charge is -2.33. The summed E-state index contributed by atoms with van der Waals surface area (Å²) < 4.78 is 11.1. The van der Waals surface area contributed by atoms with Crippen LogP contribution in [0.4, 0.5) is 0 Å². The average molecular weight is 224 g/mol. The van der Waals surface area contributed by atoms with Crippen LogP contribution in [0.3, 0.4) is 0 Å². The van der Waals surface area contributed by atoms with E-state index < -0.39 is 6.10 Å². The van der Waals surface area contributed by atoms with Gasteiger partial charge in [0.25, 0.3) is 0 Å². The van der Waals surface area contributed by atoms with Crippen molar-refractivity contribution in [3.8, 4) is 0 Å². The van der Waals surface area contributed by atoms with Crippen molar-refractivity contribution in [2.24, 2.45) is 0 Å². The summed E-state index contributed by atoms with van der Waals surface area (Å²) in [5.74, 6) is 0.832. The van der Waals surface area contributed by atoms with E-state index in [1.807, 2.05) is 19.1 Å². The van der Waals surface area contributed by atoms with Gasteiger partial charge in [-0.1, -0.05) is 12.8 Å². The highest BCUT2D eigenvalue weighted by molar-refractivity contribution is 5.04. The molecule has 1 aliphatic rings. The van der Waals surface area contributed by atoms with Gasteiger partial charge in [-0.05, 0) is 31.9 Å². The van der Waals surface area contributed by atoms with E-state index in [-0.39, 0.29) is 5.60 Å². The van der Waals surface area contributed by atoms with Crippen molar-refractivity contribution in [3.05, 3.63) is 24.2 Å². The summed E-state index contributed by atoms with van der Waals surface area (Å²) in [5, 5.41) is 10.3. The number of hydrogen-bond acceptors (Lipinski definition) is 3. The Kier molecular flexibility index (Phi) is 3.66. The minimum absolute atomic E-state index is 0.332. The molecule has 0 aliphatic heterocycles. The Bertz CT molecular complexity index is 299. The Morgan fingerprint density at radius 2 is 2.25 bits per heavy atom. The normalized spacial score (nSPS) is 21.1. The van der Waals surface area contributed by atoms with E-state index >= 15 is 0 Å². The van der Waals surface area contributed by atoms with Crippen LogP contribution >= 0.6 is 0 Å². The zero-order chi connectivity index (χ0) is 11.4. The van der Waals surface area contributed by atoms with Gasteiger partial charge in [0.05, 0.1) is 18.0 Å². The fourth-order valence-corrected chi connectivity index (χ4v) is 2.64. The number of aliphatic hydroxyl groups excluding tert-OH is 1. The Labute approximate surface area is 96.4 Å². The molecule has 0 saturated heterocycles. The molecule has 3 nitrogen and oxygen atoms in total. The molecule has 1 aromatic heterocycles. The molecular weight excluding hydrogens is 204 g/mol. The van der Waals surface area contributed by atoms with Crippen LogP contribution in [-0.2, 0) is 11.2 Å². The highest BCUT2D eigenvalue weighted by Crippen LogP contribution is 2.37. The van der Waals surface area contributed by atoms with Crippen molar-refractivity contribution in [3.63, 3.8) is 0 Å². The fraction of sp³-hybridized carbons (Fsp3) is 0.692. The molecule has 0 radical (unpaired) electrons. The molecule has 1 aromatic rings. The van der Waals surface area contributed by atoms with Gasteiger partial charge in [-0.25, -0.2) is 0 Å². The van der Waals surface area contributed by atoms with Crippen LogP contribution in [0.25, 0.3) is 0 Å². The van der Waals surface area contributed by atoms with Crippen molar-refractivity contribution in [1.29, 1.82) is 0 Å². The molecule has 1 atom stereocenters. The number of aliphatic hydroxyl groups is 1. The molecule has 90 valence electrons. The molecule has 1 heterocycles. The van der Waals surface area contributed by atoms with E-state index in [1.54, 1.807) is 6.26 Å². The minimum atomic E-state index is -0.457. The molecule has 1 N–H and O–H groups in total. The van der Waals surface area contributed by atoms with Gasteiger partial charge in [0.15, 0.2) is 0 Å². The summed E-state index contributed by atoms with van der Waals surface area (Å²) in [6.07, 6.45) is 5.95. The van der Waals surface area contributed by atoms with E-state index in [1.165, 1.54) is 0 Å². The standard InChI is InChI=1S/C13H20O3/c1-2-16-13(7-3-4-8-13)12(14)10-11-6-5-9-15-11/h5-6,9,12,14H,2-4,7-8,10H2,1H3. The largest absolute Gasteiger partial charge is 0.469 e. The molecule has 1 unspecified atom stereocenters. The molecule has 1 saturated carbocycles. The lowest BCUT2D eigenvalue weighted by atomic mass is 9.91. The van der Waals surface area contributed by atoms with Gasteiger partial charge in [-0.15, -0.1) is 0 Å². The van der Waals surface area contributed by atoms with Crippen LogP contribution in [-0.4, -0.2) is 23.4 Å². The van der Waals surface area contributed by atoms with Crippen molar-refractivity contribution in [1.82, 2.24) is 0 Å². The number of furan rings is 1. The molecule has 1 fully saturated rings. The second kappa shape index (κ2) is 5.02. The Balaban J connectivity index is 2.02. The highest BCUT2D eigenvalue weighted by Gasteiger charge is 2.41. The van der Waals surface area contributed by atoms with E-state index in [9.17, 15) is 5.11 Å². The quantitative estimate of drug-likeness (QED) is 0.835. The Hall–Kier alpha value is -0.800. The van der Waals surface area contributed by atoms with Crippen molar-refractivity contribution >= 4 is 0 Å². The maximum Gasteiger partial charge on any atom is 0.106 e. The maximum atomic E-state index is 10.3. The molecule has 0 amide bonds. The topological polar surface area (TPSA) is 42.6 Å². The molecule has 2 rings (SSSR count). The van der Waals surface area contributed by atoms with Crippen LogP contribution in [0, 0.1) is 0 Å². The van der Waals surface area contributed by atoms with Crippen molar-refractivity contribution in [2.45, 2.75) is 50.7 Å². The predicted octanol–water partition coefficient (Wildman–Crippen LogP) is 2.53. The summed E-state index contributed by atoms with van der Waals surface area (Å²) in [7, 11) is 0. The Morgan fingerprint density at radius 3 is 2.81 bits per heavy atom. The predicted molar refractivity (Wildman–Crippen MR) is 61.2 cm³/mol. The van der Waals surface area contributed by atoms with Crippen LogP contribution in [0.15, 0.2) is 22.8 Å². The molecule has 0 bridgehead atoms. The second-order valence-corrected chi connectivity index (χ2v) is 4.50. The lowest BCUT2D eigenvalue weighted by molar-refractivity contribution is -0.116. The third-order valence-electron chi connectivity index (χ3n) is 3.46. The smallest absolute Gasteiger partial charge is 0.106 e. The number of rotatable bonds is 5. The third kappa shape index (κ3) is 2.30. The molecule has 0 aromatic carbocycles. The van der Waals surface area contributed by atoms with Crippen molar-refractivity contribution in [2.75, 3.05) is 6.61 Å². The first-order valence-electron chi connectivity index (χ1n) is 6.11. The van der Waals surface area contributed by atoms with E-state index in [2.05, 4.69) is 0 Å². The average Bonchev–Trinajstić information content (AvgIpc) is 2.89. The summed E-state index contributed by atoms with van der Waals surface area (Å²) in [4.78, 5) is 0. The first kappa shape index (κ1) is 11.7. The van der Waals surface area contributed by atoms with E-state index in [0.717, 1.165) is 31.4 Å². The van der Waals surface area contributed by atoms with Gasteiger partial charge in [0.2, 0.25) is 0 Å². The van der Waals surface area contributed by atoms with Crippen LogP contribution in [0.2, 0.25) is 0 Å². The highest BCUT2D eigenvalue weighted by atomic mass is 16.5. The van der Waals surface area contributed by atoms with Gasteiger partial charge in [-0.2, -0.15) is 0 Å². The molecule has 1 aliphatic carbocycles.